The highest BCUT2D eigenvalue weighted by Crippen LogP contribution is 2.40. The summed E-state index contributed by atoms with van der Waals surface area (Å²) in [6, 6.07) is 5.71. The van der Waals surface area contributed by atoms with Gasteiger partial charge in [0.25, 0.3) is 10.2 Å². The van der Waals surface area contributed by atoms with Crippen molar-refractivity contribution in [2.45, 2.75) is 38.1 Å². The smallest absolute Gasteiger partial charge is 0.282 e. The normalized spacial score (nSPS) is 25.8. The van der Waals surface area contributed by atoms with Crippen LogP contribution >= 0.6 is 0 Å². The van der Waals surface area contributed by atoms with E-state index < -0.39 is 10.2 Å². The van der Waals surface area contributed by atoms with Crippen molar-refractivity contribution in [2.24, 2.45) is 0 Å². The highest BCUT2D eigenvalue weighted by molar-refractivity contribution is 7.86. The van der Waals surface area contributed by atoms with Crippen LogP contribution in [0.1, 0.15) is 43.7 Å². The van der Waals surface area contributed by atoms with Crippen molar-refractivity contribution in [3.63, 3.8) is 0 Å². The lowest BCUT2D eigenvalue weighted by atomic mass is 10.0. The first-order valence-electron chi connectivity index (χ1n) is 8.83. The van der Waals surface area contributed by atoms with Gasteiger partial charge in [-0.3, -0.25) is 0 Å². The molecule has 0 bridgehead atoms. The second kappa shape index (κ2) is 6.54. The fourth-order valence-electron chi connectivity index (χ4n) is 3.86. The zero-order valence-electron chi connectivity index (χ0n) is 13.8. The summed E-state index contributed by atoms with van der Waals surface area (Å²) in [5.74, 6) is 1.47. The largest absolute Gasteiger partial charge is 0.486 e. The van der Waals surface area contributed by atoms with Crippen LogP contribution in [0.15, 0.2) is 18.2 Å². The van der Waals surface area contributed by atoms with Crippen LogP contribution in [0, 0.1) is 0 Å². The molecule has 0 aliphatic carbocycles. The first-order valence-corrected chi connectivity index (χ1v) is 10.2. The van der Waals surface area contributed by atoms with Crippen molar-refractivity contribution in [3.05, 3.63) is 23.8 Å². The van der Waals surface area contributed by atoms with Crippen molar-refractivity contribution in [1.29, 1.82) is 0 Å². The third kappa shape index (κ3) is 2.89. The average molecular weight is 352 g/mol. The summed E-state index contributed by atoms with van der Waals surface area (Å²) in [4.78, 5) is 0. The molecule has 0 aromatic heterocycles. The van der Waals surface area contributed by atoms with E-state index in [9.17, 15) is 8.42 Å². The van der Waals surface area contributed by atoms with Gasteiger partial charge in [0.2, 0.25) is 0 Å². The standard InChI is InChI=1S/C17H24N2O4S/c20-24(21,18-8-2-1-3-9-18)19-10-4-5-15(19)14-6-7-16-17(13-14)23-12-11-22-16/h6-7,13,15H,1-5,8-12H2. The van der Waals surface area contributed by atoms with E-state index in [0.29, 0.717) is 32.8 Å². The van der Waals surface area contributed by atoms with Crippen molar-refractivity contribution < 1.29 is 17.9 Å². The Labute approximate surface area is 143 Å². The molecule has 0 amide bonds. The summed E-state index contributed by atoms with van der Waals surface area (Å²) < 4.78 is 40.7. The van der Waals surface area contributed by atoms with E-state index in [2.05, 4.69) is 0 Å². The summed E-state index contributed by atoms with van der Waals surface area (Å²) in [6.07, 6.45) is 4.79. The Morgan fingerprint density at radius 1 is 0.917 bits per heavy atom. The van der Waals surface area contributed by atoms with E-state index in [-0.39, 0.29) is 6.04 Å². The molecule has 0 radical (unpaired) electrons. The van der Waals surface area contributed by atoms with Gasteiger partial charge in [-0.1, -0.05) is 12.5 Å². The Morgan fingerprint density at radius 3 is 2.46 bits per heavy atom. The van der Waals surface area contributed by atoms with Gasteiger partial charge in [-0.2, -0.15) is 17.0 Å². The molecule has 1 aromatic carbocycles. The predicted octanol–water partition coefficient (Wildman–Crippen LogP) is 2.33. The molecule has 1 unspecified atom stereocenters. The first kappa shape index (κ1) is 16.2. The van der Waals surface area contributed by atoms with E-state index in [0.717, 1.165) is 49.2 Å². The molecule has 0 N–H and O–H groups in total. The molecule has 24 heavy (non-hydrogen) atoms. The van der Waals surface area contributed by atoms with E-state index in [4.69, 9.17) is 9.47 Å². The zero-order chi connectivity index (χ0) is 16.6. The molecule has 2 saturated heterocycles. The van der Waals surface area contributed by atoms with Crippen molar-refractivity contribution in [2.75, 3.05) is 32.8 Å². The number of benzene rings is 1. The predicted molar refractivity (Wildman–Crippen MR) is 90.5 cm³/mol. The maximum atomic E-state index is 13.1. The van der Waals surface area contributed by atoms with Crippen LogP contribution in [0.3, 0.4) is 0 Å². The maximum absolute atomic E-state index is 13.1. The average Bonchev–Trinajstić information content (AvgIpc) is 3.13. The minimum absolute atomic E-state index is 0.104. The van der Waals surface area contributed by atoms with Crippen LogP contribution in [0.2, 0.25) is 0 Å². The van der Waals surface area contributed by atoms with Crippen LogP contribution in [0.5, 0.6) is 11.5 Å². The molecule has 1 aromatic rings. The lowest BCUT2D eigenvalue weighted by Gasteiger charge is -2.33. The monoisotopic (exact) mass is 352 g/mol. The summed E-state index contributed by atoms with van der Waals surface area (Å²) >= 11 is 0. The quantitative estimate of drug-likeness (QED) is 0.838. The van der Waals surface area contributed by atoms with Gasteiger partial charge in [0, 0.05) is 19.6 Å². The van der Waals surface area contributed by atoms with Gasteiger partial charge in [-0.05, 0) is 43.4 Å². The van der Waals surface area contributed by atoms with Crippen LogP contribution < -0.4 is 9.47 Å². The number of rotatable bonds is 3. The lowest BCUT2D eigenvalue weighted by Crippen LogP contribution is -2.45. The van der Waals surface area contributed by atoms with Crippen molar-refractivity contribution in [1.82, 2.24) is 8.61 Å². The van der Waals surface area contributed by atoms with Crippen molar-refractivity contribution in [3.8, 4) is 11.5 Å². The Morgan fingerprint density at radius 2 is 1.67 bits per heavy atom. The molecular weight excluding hydrogens is 328 g/mol. The van der Waals surface area contributed by atoms with Gasteiger partial charge >= 0.3 is 0 Å². The van der Waals surface area contributed by atoms with E-state index in [1.165, 1.54) is 0 Å². The molecular formula is C17H24N2O4S. The highest BCUT2D eigenvalue weighted by atomic mass is 32.2. The summed E-state index contributed by atoms with van der Waals surface area (Å²) in [7, 11) is -3.39. The van der Waals surface area contributed by atoms with E-state index >= 15 is 0 Å². The van der Waals surface area contributed by atoms with Gasteiger partial charge in [-0.15, -0.1) is 0 Å². The number of fused-ring (bicyclic) bond motifs is 1. The maximum Gasteiger partial charge on any atom is 0.282 e. The fourth-order valence-corrected chi connectivity index (χ4v) is 5.79. The van der Waals surface area contributed by atoms with Crippen LogP contribution in [0.4, 0.5) is 0 Å². The molecule has 3 heterocycles. The van der Waals surface area contributed by atoms with Crippen LogP contribution in [0.25, 0.3) is 0 Å². The van der Waals surface area contributed by atoms with Crippen molar-refractivity contribution >= 4 is 10.2 Å². The molecule has 1 atom stereocenters. The molecule has 7 heteroatoms. The number of hydrogen-bond donors (Lipinski definition) is 0. The number of hydrogen-bond acceptors (Lipinski definition) is 4. The van der Waals surface area contributed by atoms with Gasteiger partial charge in [0.1, 0.15) is 13.2 Å². The van der Waals surface area contributed by atoms with Crippen LogP contribution in [-0.2, 0) is 10.2 Å². The third-order valence-electron chi connectivity index (χ3n) is 5.09. The SMILES string of the molecule is O=S(=O)(N1CCCCC1)N1CCCC1c1ccc2c(c1)OCCO2. The Kier molecular flexibility index (Phi) is 4.40. The molecule has 2 fully saturated rings. The summed E-state index contributed by atoms with van der Waals surface area (Å²) in [5.41, 5.74) is 0.998. The molecule has 3 aliphatic rings. The Hall–Kier alpha value is -1.31. The lowest BCUT2D eigenvalue weighted by molar-refractivity contribution is 0.171. The fraction of sp³-hybridized carbons (Fsp3) is 0.647. The van der Waals surface area contributed by atoms with Gasteiger partial charge in [0.05, 0.1) is 6.04 Å². The van der Waals surface area contributed by atoms with Gasteiger partial charge < -0.3 is 9.47 Å². The summed E-state index contributed by atoms with van der Waals surface area (Å²) in [5, 5.41) is 0. The Balaban J connectivity index is 1.60. The minimum atomic E-state index is -3.39. The second-order valence-electron chi connectivity index (χ2n) is 6.64. The van der Waals surface area contributed by atoms with Gasteiger partial charge in [-0.25, -0.2) is 0 Å². The molecule has 132 valence electrons. The van der Waals surface area contributed by atoms with Crippen LogP contribution in [-0.4, -0.2) is 49.9 Å². The topological polar surface area (TPSA) is 59.1 Å². The molecule has 3 aliphatic heterocycles. The number of nitrogens with zero attached hydrogens (tertiary/aromatic N) is 2. The third-order valence-corrected chi connectivity index (χ3v) is 7.14. The molecule has 0 spiro atoms. The Bertz CT molecular complexity index is 701. The molecule has 4 rings (SSSR count). The van der Waals surface area contributed by atoms with Gasteiger partial charge in [0.15, 0.2) is 11.5 Å². The molecule has 6 nitrogen and oxygen atoms in total. The van der Waals surface area contributed by atoms with E-state index in [1.807, 2.05) is 18.2 Å². The number of ether oxygens (including phenoxy) is 2. The number of piperidine rings is 1. The minimum Gasteiger partial charge on any atom is -0.486 e. The van der Waals surface area contributed by atoms with E-state index in [1.54, 1.807) is 8.61 Å². The zero-order valence-corrected chi connectivity index (χ0v) is 14.6. The summed E-state index contributed by atoms with van der Waals surface area (Å²) in [6.45, 7) is 2.99. The highest BCUT2D eigenvalue weighted by Gasteiger charge is 2.39. The second-order valence-corrected chi connectivity index (χ2v) is 8.52. The first-order chi connectivity index (χ1) is 11.7. The molecule has 0 saturated carbocycles.